The van der Waals surface area contributed by atoms with Gasteiger partial charge in [0, 0.05) is 18.8 Å². The van der Waals surface area contributed by atoms with Crippen LogP contribution in [0.2, 0.25) is 0 Å². The Morgan fingerprint density at radius 3 is 2.08 bits per heavy atom. The fourth-order valence-electron chi connectivity index (χ4n) is 4.65. The Morgan fingerprint density at radius 2 is 1.50 bits per heavy atom. The highest BCUT2D eigenvalue weighted by Gasteiger charge is 2.36. The summed E-state index contributed by atoms with van der Waals surface area (Å²) in [4.78, 5) is 27.2. The number of anilines is 1. The number of piperidine rings is 1. The van der Waals surface area contributed by atoms with Crippen LogP contribution in [0.25, 0.3) is 11.1 Å². The van der Waals surface area contributed by atoms with Crippen LogP contribution in [-0.2, 0) is 10.9 Å². The summed E-state index contributed by atoms with van der Waals surface area (Å²) in [6.45, 7) is 6.66. The monoisotopic (exact) mass is 524 g/mol. The molecular formula is C30H31F3N2O3. The van der Waals surface area contributed by atoms with Crippen molar-refractivity contribution in [3.05, 3.63) is 89.5 Å². The van der Waals surface area contributed by atoms with Gasteiger partial charge in [0.1, 0.15) is 5.60 Å². The lowest BCUT2D eigenvalue weighted by Crippen LogP contribution is -2.41. The first kappa shape index (κ1) is 27.2. The Morgan fingerprint density at radius 1 is 0.868 bits per heavy atom. The molecule has 1 N–H and O–H groups in total. The SMILES string of the molecule is CC(C)(C)OC(=O)N1CCC(c2ccc(NC(=O)c3c(-c4ccccc4)cccc3C(F)(F)F)cc2)CC1. The average Bonchev–Trinajstić information content (AvgIpc) is 2.88. The first-order valence-electron chi connectivity index (χ1n) is 12.6. The van der Waals surface area contributed by atoms with Crippen LogP contribution in [-0.4, -0.2) is 35.6 Å². The minimum absolute atomic E-state index is 0.214. The zero-order valence-electron chi connectivity index (χ0n) is 21.6. The number of halogens is 3. The molecule has 1 saturated heterocycles. The number of nitrogens with zero attached hydrogens (tertiary/aromatic N) is 1. The number of nitrogens with one attached hydrogen (secondary N) is 1. The molecule has 0 aliphatic carbocycles. The topological polar surface area (TPSA) is 58.6 Å². The molecule has 3 aromatic rings. The lowest BCUT2D eigenvalue weighted by atomic mass is 9.89. The van der Waals surface area contributed by atoms with Crippen molar-refractivity contribution in [2.45, 2.75) is 51.3 Å². The summed E-state index contributed by atoms with van der Waals surface area (Å²) in [6.07, 6.45) is -3.47. The summed E-state index contributed by atoms with van der Waals surface area (Å²) in [5.74, 6) is -0.593. The molecule has 1 fully saturated rings. The van der Waals surface area contributed by atoms with Gasteiger partial charge < -0.3 is 15.0 Å². The maximum atomic E-state index is 13.8. The van der Waals surface area contributed by atoms with Crippen LogP contribution in [0.5, 0.6) is 0 Å². The van der Waals surface area contributed by atoms with Gasteiger partial charge in [0.25, 0.3) is 5.91 Å². The predicted molar refractivity (Wildman–Crippen MR) is 141 cm³/mol. The number of carbonyl (C=O) groups excluding carboxylic acids is 2. The van der Waals surface area contributed by atoms with E-state index in [2.05, 4.69) is 5.32 Å². The normalized spacial score (nSPS) is 14.7. The Kier molecular flexibility index (Phi) is 7.81. The molecule has 1 aliphatic rings. The Labute approximate surface area is 220 Å². The van der Waals surface area contributed by atoms with Gasteiger partial charge in [-0.1, -0.05) is 54.6 Å². The fourth-order valence-corrected chi connectivity index (χ4v) is 4.65. The van der Waals surface area contributed by atoms with Crippen LogP contribution in [0.4, 0.5) is 23.7 Å². The van der Waals surface area contributed by atoms with Crippen LogP contribution in [0.3, 0.4) is 0 Å². The van der Waals surface area contributed by atoms with Gasteiger partial charge in [-0.3, -0.25) is 4.79 Å². The molecule has 0 saturated carbocycles. The third-order valence-electron chi connectivity index (χ3n) is 6.47. The molecule has 5 nitrogen and oxygen atoms in total. The van der Waals surface area contributed by atoms with E-state index < -0.39 is 28.8 Å². The summed E-state index contributed by atoms with van der Waals surface area (Å²) >= 11 is 0. The van der Waals surface area contributed by atoms with Gasteiger partial charge in [-0.2, -0.15) is 13.2 Å². The molecule has 1 aliphatic heterocycles. The zero-order valence-corrected chi connectivity index (χ0v) is 21.6. The van der Waals surface area contributed by atoms with E-state index in [1.807, 2.05) is 32.9 Å². The molecule has 1 heterocycles. The minimum atomic E-state index is -4.69. The maximum absolute atomic E-state index is 13.8. The van der Waals surface area contributed by atoms with Crippen molar-refractivity contribution in [2.75, 3.05) is 18.4 Å². The highest BCUT2D eigenvalue weighted by Crippen LogP contribution is 2.37. The number of benzene rings is 3. The molecule has 8 heteroatoms. The van der Waals surface area contributed by atoms with Crippen LogP contribution in [0.15, 0.2) is 72.8 Å². The van der Waals surface area contributed by atoms with Crippen LogP contribution >= 0.6 is 0 Å². The molecule has 0 aromatic heterocycles. The number of alkyl halides is 3. The van der Waals surface area contributed by atoms with Gasteiger partial charge in [-0.05, 0) is 74.4 Å². The van der Waals surface area contributed by atoms with Gasteiger partial charge >= 0.3 is 12.3 Å². The third kappa shape index (κ3) is 6.54. The zero-order chi connectivity index (χ0) is 27.5. The quantitative estimate of drug-likeness (QED) is 0.380. The van der Waals surface area contributed by atoms with Gasteiger partial charge in [0.05, 0.1) is 11.1 Å². The van der Waals surface area contributed by atoms with E-state index in [-0.39, 0.29) is 17.6 Å². The number of likely N-dealkylation sites (tertiary alicyclic amines) is 1. The van der Waals surface area contributed by atoms with Crippen molar-refractivity contribution in [2.24, 2.45) is 0 Å². The lowest BCUT2D eigenvalue weighted by Gasteiger charge is -2.33. The summed E-state index contributed by atoms with van der Waals surface area (Å²) in [6, 6.07) is 19.4. The van der Waals surface area contributed by atoms with E-state index in [4.69, 9.17) is 4.74 Å². The van der Waals surface area contributed by atoms with Crippen LogP contribution in [0.1, 0.15) is 61.0 Å². The molecule has 200 valence electrons. The summed E-state index contributed by atoms with van der Waals surface area (Å²) in [5.41, 5.74) is 0.252. The first-order chi connectivity index (χ1) is 17.9. The smallest absolute Gasteiger partial charge is 0.417 e. The highest BCUT2D eigenvalue weighted by atomic mass is 19.4. The number of ether oxygens (including phenoxy) is 1. The van der Waals surface area contributed by atoms with E-state index >= 15 is 0 Å². The van der Waals surface area contributed by atoms with E-state index in [0.717, 1.165) is 24.5 Å². The largest absolute Gasteiger partial charge is 0.444 e. The van der Waals surface area contributed by atoms with Crippen molar-refractivity contribution >= 4 is 17.7 Å². The van der Waals surface area contributed by atoms with Gasteiger partial charge in [0.2, 0.25) is 0 Å². The molecule has 0 radical (unpaired) electrons. The fraction of sp³-hybridized carbons (Fsp3) is 0.333. The van der Waals surface area contributed by atoms with Crippen molar-refractivity contribution < 1.29 is 27.5 Å². The van der Waals surface area contributed by atoms with Crippen molar-refractivity contribution in [1.82, 2.24) is 4.90 Å². The third-order valence-corrected chi connectivity index (χ3v) is 6.47. The average molecular weight is 525 g/mol. The minimum Gasteiger partial charge on any atom is -0.444 e. The lowest BCUT2D eigenvalue weighted by molar-refractivity contribution is -0.137. The molecule has 38 heavy (non-hydrogen) atoms. The number of carbonyl (C=O) groups is 2. The van der Waals surface area contributed by atoms with E-state index in [1.165, 1.54) is 12.1 Å². The molecular weight excluding hydrogens is 493 g/mol. The molecule has 2 amide bonds. The second kappa shape index (κ2) is 10.9. The number of rotatable bonds is 4. The van der Waals surface area contributed by atoms with E-state index in [9.17, 15) is 22.8 Å². The summed E-state index contributed by atoms with van der Waals surface area (Å²) in [5, 5.41) is 2.65. The van der Waals surface area contributed by atoms with E-state index in [1.54, 1.807) is 47.4 Å². The molecule has 0 unspecified atom stereocenters. The Bertz CT molecular complexity index is 1270. The van der Waals surface area contributed by atoms with Crippen molar-refractivity contribution in [3.8, 4) is 11.1 Å². The summed E-state index contributed by atoms with van der Waals surface area (Å²) in [7, 11) is 0. The number of hydrogen-bond acceptors (Lipinski definition) is 3. The molecule has 0 bridgehead atoms. The molecule has 3 aromatic carbocycles. The number of amides is 2. The van der Waals surface area contributed by atoms with Crippen LogP contribution < -0.4 is 5.32 Å². The van der Waals surface area contributed by atoms with Crippen molar-refractivity contribution in [1.29, 1.82) is 0 Å². The first-order valence-corrected chi connectivity index (χ1v) is 12.6. The van der Waals surface area contributed by atoms with Crippen LogP contribution in [0, 0.1) is 0 Å². The molecule has 4 rings (SSSR count). The maximum Gasteiger partial charge on any atom is 0.417 e. The Balaban J connectivity index is 1.48. The predicted octanol–water partition coefficient (Wildman–Crippen LogP) is 7.74. The van der Waals surface area contributed by atoms with Gasteiger partial charge in [-0.25, -0.2) is 4.79 Å². The van der Waals surface area contributed by atoms with Gasteiger partial charge in [-0.15, -0.1) is 0 Å². The highest BCUT2D eigenvalue weighted by molar-refractivity contribution is 6.10. The molecule has 0 spiro atoms. The second-order valence-corrected chi connectivity index (χ2v) is 10.4. The standard InChI is InChI=1S/C30H31F3N2O3/c1-29(2,3)38-28(37)35-18-16-21(17-19-35)20-12-14-23(15-13-20)34-27(36)26-24(22-8-5-4-6-9-22)10-7-11-25(26)30(31,32)33/h4-15,21H,16-19H2,1-3H3,(H,34,36). The van der Waals surface area contributed by atoms with Gasteiger partial charge in [0.15, 0.2) is 0 Å². The molecule has 0 atom stereocenters. The van der Waals surface area contributed by atoms with E-state index in [0.29, 0.717) is 24.3 Å². The Hall–Kier alpha value is -3.81. The number of hydrogen-bond donors (Lipinski definition) is 1. The summed E-state index contributed by atoms with van der Waals surface area (Å²) < 4.78 is 47.0. The second-order valence-electron chi connectivity index (χ2n) is 10.4. The van der Waals surface area contributed by atoms with Crippen molar-refractivity contribution in [3.63, 3.8) is 0 Å².